The van der Waals surface area contributed by atoms with E-state index < -0.39 is 0 Å². The van der Waals surface area contributed by atoms with Gasteiger partial charge in [0.25, 0.3) is 0 Å². The Hall–Kier alpha value is -1.89. The van der Waals surface area contributed by atoms with Gasteiger partial charge in [0.15, 0.2) is 5.50 Å². The highest BCUT2D eigenvalue weighted by Crippen LogP contribution is 2.27. The highest BCUT2D eigenvalue weighted by atomic mass is 32.2. The second-order valence-corrected chi connectivity index (χ2v) is 8.99. The number of urea groups is 1. The van der Waals surface area contributed by atoms with Gasteiger partial charge < -0.3 is 20.4 Å². The molecule has 1 saturated carbocycles. The number of oxazole rings is 1. The van der Waals surface area contributed by atoms with E-state index in [9.17, 15) is 4.79 Å². The minimum absolute atomic E-state index is 0.0528. The quantitative estimate of drug-likeness (QED) is 0.648. The zero-order valence-corrected chi connectivity index (χ0v) is 18.5. The Balaban J connectivity index is 0.00000136. The van der Waals surface area contributed by atoms with Crippen LogP contribution in [0.2, 0.25) is 0 Å². The molecule has 7 heteroatoms. The van der Waals surface area contributed by atoms with Crippen LogP contribution in [0.1, 0.15) is 78.4 Å². The molecule has 0 bridgehead atoms. The van der Waals surface area contributed by atoms with Gasteiger partial charge in [0.2, 0.25) is 5.89 Å². The first-order chi connectivity index (χ1) is 13.4. The fourth-order valence-electron chi connectivity index (χ4n) is 2.98. The fraction of sp³-hybridized carbons (Fsp3) is 0.619. The standard InChI is InChI=1S/C19H28N4O2S.C2H6/c1-19(2,3)15-12-20-16(25-15)10-9-14-11-21-18(26-14)23-17(24)22-13-7-5-4-6-8-13;1-2/h9-13,18,21H,4-8H2,1-3H3,(H2,22,23,24);1-2H3/b10-9+;. The van der Waals surface area contributed by atoms with Crippen molar-refractivity contribution in [2.24, 2.45) is 0 Å². The van der Waals surface area contributed by atoms with Crippen molar-refractivity contribution in [2.45, 2.75) is 83.7 Å². The average molecular weight is 407 g/mol. The summed E-state index contributed by atoms with van der Waals surface area (Å²) in [6, 6.07) is 0.201. The Morgan fingerprint density at radius 3 is 2.57 bits per heavy atom. The maximum atomic E-state index is 12.1. The summed E-state index contributed by atoms with van der Waals surface area (Å²) in [6.07, 6.45) is 13.3. The van der Waals surface area contributed by atoms with E-state index in [1.165, 1.54) is 19.3 Å². The number of amides is 2. The largest absolute Gasteiger partial charge is 0.441 e. The van der Waals surface area contributed by atoms with Crippen molar-refractivity contribution >= 4 is 23.9 Å². The molecule has 1 aromatic heterocycles. The molecule has 2 amide bonds. The second-order valence-electron chi connectivity index (χ2n) is 7.81. The van der Waals surface area contributed by atoms with Gasteiger partial charge in [0, 0.05) is 28.6 Å². The number of aromatic nitrogens is 1. The van der Waals surface area contributed by atoms with E-state index in [2.05, 4.69) is 41.7 Å². The van der Waals surface area contributed by atoms with Crippen molar-refractivity contribution in [3.63, 3.8) is 0 Å². The monoisotopic (exact) mass is 406 g/mol. The number of carbonyl (C=O) groups excluding carboxylic acids is 1. The Bertz CT molecular complexity index is 685. The summed E-state index contributed by atoms with van der Waals surface area (Å²) in [5, 5.41) is 9.19. The second kappa shape index (κ2) is 10.6. The number of hydrogen-bond donors (Lipinski definition) is 3. The van der Waals surface area contributed by atoms with Crippen LogP contribution in [0.4, 0.5) is 4.79 Å². The van der Waals surface area contributed by atoms with Crippen LogP contribution in [-0.4, -0.2) is 22.6 Å². The first kappa shape index (κ1) is 22.4. The van der Waals surface area contributed by atoms with Crippen LogP contribution >= 0.6 is 11.8 Å². The topological polar surface area (TPSA) is 79.2 Å². The molecule has 1 aromatic rings. The van der Waals surface area contributed by atoms with Gasteiger partial charge in [-0.15, -0.1) is 0 Å². The summed E-state index contributed by atoms with van der Waals surface area (Å²) in [4.78, 5) is 17.4. The Kier molecular flexibility index (Phi) is 8.48. The molecule has 3 N–H and O–H groups in total. The number of allylic oxidation sites excluding steroid dienone is 1. The molecule has 1 fully saturated rings. The number of hydrogen-bond acceptors (Lipinski definition) is 5. The lowest BCUT2D eigenvalue weighted by molar-refractivity contribution is 0.231. The summed E-state index contributed by atoms with van der Waals surface area (Å²) >= 11 is 1.55. The van der Waals surface area contributed by atoms with E-state index in [0.29, 0.717) is 11.9 Å². The first-order valence-corrected chi connectivity index (χ1v) is 11.1. The third-order valence-corrected chi connectivity index (χ3v) is 5.50. The van der Waals surface area contributed by atoms with Crippen LogP contribution in [0, 0.1) is 0 Å². The molecule has 1 unspecified atom stereocenters. The predicted molar refractivity (Wildman–Crippen MR) is 117 cm³/mol. The van der Waals surface area contributed by atoms with Gasteiger partial charge in [-0.1, -0.05) is 65.6 Å². The normalized spacial score (nSPS) is 20.2. The van der Waals surface area contributed by atoms with Crippen molar-refractivity contribution in [2.75, 3.05) is 0 Å². The van der Waals surface area contributed by atoms with E-state index >= 15 is 0 Å². The molecule has 3 rings (SSSR count). The molecule has 0 saturated heterocycles. The first-order valence-electron chi connectivity index (χ1n) is 10.2. The Morgan fingerprint density at radius 2 is 1.93 bits per heavy atom. The lowest BCUT2D eigenvalue weighted by atomic mass is 9.94. The molecule has 1 aliphatic carbocycles. The maximum Gasteiger partial charge on any atom is 0.317 e. The van der Waals surface area contributed by atoms with E-state index in [4.69, 9.17) is 4.42 Å². The Labute approximate surface area is 173 Å². The van der Waals surface area contributed by atoms with Crippen LogP contribution in [0.25, 0.3) is 6.08 Å². The smallest absolute Gasteiger partial charge is 0.317 e. The molecule has 1 aliphatic heterocycles. The van der Waals surface area contributed by atoms with E-state index in [1.54, 1.807) is 18.0 Å². The average Bonchev–Trinajstić information content (AvgIpc) is 3.31. The van der Waals surface area contributed by atoms with Gasteiger partial charge in [-0.25, -0.2) is 9.78 Å². The number of carbonyl (C=O) groups is 1. The van der Waals surface area contributed by atoms with Gasteiger partial charge in [-0.3, -0.25) is 0 Å². The summed E-state index contributed by atoms with van der Waals surface area (Å²) in [6.45, 7) is 10.3. The predicted octanol–water partition coefficient (Wildman–Crippen LogP) is 5.10. The van der Waals surface area contributed by atoms with Gasteiger partial charge in [0.1, 0.15) is 5.76 Å². The SMILES string of the molecule is CC.CC(C)(C)c1cnc(/C=C/C2=CNC(NC(=O)NC3CCCCC3)S2)o1. The van der Waals surface area contributed by atoms with Crippen LogP contribution in [0.15, 0.2) is 27.8 Å². The number of thioether (sulfide) groups is 1. The number of nitrogens with zero attached hydrogens (tertiary/aromatic N) is 1. The van der Waals surface area contributed by atoms with Gasteiger partial charge >= 0.3 is 6.03 Å². The molecule has 1 atom stereocenters. The van der Waals surface area contributed by atoms with E-state index in [-0.39, 0.29) is 16.9 Å². The maximum absolute atomic E-state index is 12.1. The van der Waals surface area contributed by atoms with Crippen molar-refractivity contribution in [3.05, 3.63) is 35.0 Å². The van der Waals surface area contributed by atoms with Gasteiger partial charge in [-0.2, -0.15) is 0 Å². The summed E-state index contributed by atoms with van der Waals surface area (Å²) in [7, 11) is 0. The molecular weight excluding hydrogens is 372 g/mol. The fourth-order valence-corrected chi connectivity index (χ4v) is 3.84. The van der Waals surface area contributed by atoms with Crippen molar-refractivity contribution < 1.29 is 9.21 Å². The van der Waals surface area contributed by atoms with Crippen molar-refractivity contribution in [3.8, 4) is 0 Å². The van der Waals surface area contributed by atoms with Crippen LogP contribution in [-0.2, 0) is 5.41 Å². The lowest BCUT2D eigenvalue weighted by Gasteiger charge is -2.24. The minimum atomic E-state index is -0.159. The van der Waals surface area contributed by atoms with Crippen molar-refractivity contribution in [1.82, 2.24) is 20.9 Å². The van der Waals surface area contributed by atoms with Gasteiger partial charge in [-0.05, 0) is 18.9 Å². The third kappa shape index (κ3) is 6.93. The van der Waals surface area contributed by atoms with Gasteiger partial charge in [0.05, 0.1) is 6.20 Å². The molecule has 0 radical (unpaired) electrons. The zero-order valence-electron chi connectivity index (χ0n) is 17.7. The molecule has 28 heavy (non-hydrogen) atoms. The highest BCUT2D eigenvalue weighted by Gasteiger charge is 2.21. The van der Waals surface area contributed by atoms with Crippen LogP contribution in [0.3, 0.4) is 0 Å². The number of rotatable bonds is 4. The molecule has 0 spiro atoms. The van der Waals surface area contributed by atoms with Crippen molar-refractivity contribution in [1.29, 1.82) is 0 Å². The molecule has 156 valence electrons. The number of nitrogens with one attached hydrogen (secondary N) is 3. The summed E-state index contributed by atoms with van der Waals surface area (Å²) < 4.78 is 5.75. The zero-order chi connectivity index (χ0) is 20.6. The molecular formula is C21H34N4O2S. The van der Waals surface area contributed by atoms with E-state index in [0.717, 1.165) is 23.5 Å². The Morgan fingerprint density at radius 1 is 1.21 bits per heavy atom. The third-order valence-electron chi connectivity index (χ3n) is 4.49. The molecule has 2 aliphatic rings. The molecule has 6 nitrogen and oxygen atoms in total. The lowest BCUT2D eigenvalue weighted by Crippen LogP contribution is -2.48. The summed E-state index contributed by atoms with van der Waals surface area (Å²) in [5.41, 5.74) is -0.212. The minimum Gasteiger partial charge on any atom is -0.441 e. The van der Waals surface area contributed by atoms with Crippen LogP contribution in [0.5, 0.6) is 0 Å². The highest BCUT2D eigenvalue weighted by molar-refractivity contribution is 8.04. The molecule has 2 heterocycles. The van der Waals surface area contributed by atoms with Crippen LogP contribution < -0.4 is 16.0 Å². The molecule has 0 aromatic carbocycles. The van der Waals surface area contributed by atoms with E-state index in [1.807, 2.05) is 32.2 Å². The summed E-state index contributed by atoms with van der Waals surface area (Å²) in [5.74, 6) is 1.45.